The minimum absolute atomic E-state index is 0.151. The van der Waals surface area contributed by atoms with E-state index in [-0.39, 0.29) is 5.56 Å². The van der Waals surface area contributed by atoms with Crippen molar-refractivity contribution >= 4 is 39.7 Å². The fraction of sp³-hybridized carbons (Fsp3) is 0.308. The number of carbonyl (C=O) groups is 2. The maximum absolute atomic E-state index is 11.9. The monoisotopic (exact) mass is 325 g/mol. The first kappa shape index (κ1) is 15.5. The van der Waals surface area contributed by atoms with Crippen LogP contribution in [-0.4, -0.2) is 22.1 Å². The second-order valence-electron chi connectivity index (χ2n) is 4.48. The molecule has 0 saturated heterocycles. The smallest absolute Gasteiger partial charge is 0.338 e. The van der Waals surface area contributed by atoms with Crippen molar-refractivity contribution in [1.82, 2.24) is 10.3 Å². The topological polar surface area (TPSA) is 91.3 Å². The molecule has 2 heterocycles. The van der Waals surface area contributed by atoms with Crippen LogP contribution in [0.5, 0.6) is 0 Å². The molecule has 0 spiro atoms. The van der Waals surface area contributed by atoms with Crippen LogP contribution in [0, 0.1) is 20.8 Å². The molecular weight excluding hydrogens is 310 g/mol. The predicted molar refractivity (Wildman–Crippen MR) is 83.5 cm³/mol. The standard InChI is InChI=1S/C13H15N3O3S2/c1-6-5-20-9(15-6)4-14-13(19)16-11-10(12(17)18)7(2)8(3)21-11/h5H,4H2,1-3H3,(H,17,18)(H2,14,16,19). The van der Waals surface area contributed by atoms with E-state index in [1.165, 1.54) is 22.7 Å². The molecule has 112 valence electrons. The molecular formula is C13H15N3O3S2. The first-order valence-electron chi connectivity index (χ1n) is 6.17. The van der Waals surface area contributed by atoms with Gasteiger partial charge in [0.2, 0.25) is 0 Å². The van der Waals surface area contributed by atoms with Crippen LogP contribution >= 0.6 is 22.7 Å². The quantitative estimate of drug-likeness (QED) is 0.805. The van der Waals surface area contributed by atoms with Gasteiger partial charge in [-0.25, -0.2) is 14.6 Å². The van der Waals surface area contributed by atoms with E-state index in [4.69, 9.17) is 0 Å². The Morgan fingerprint density at radius 1 is 1.33 bits per heavy atom. The van der Waals surface area contributed by atoms with Crippen molar-refractivity contribution in [2.24, 2.45) is 0 Å². The molecule has 2 aromatic heterocycles. The van der Waals surface area contributed by atoms with E-state index >= 15 is 0 Å². The molecule has 0 fully saturated rings. The number of nitrogens with zero attached hydrogens (tertiary/aromatic N) is 1. The molecule has 2 aromatic rings. The summed E-state index contributed by atoms with van der Waals surface area (Å²) in [5.74, 6) is -1.04. The number of hydrogen-bond acceptors (Lipinski definition) is 5. The Labute approximate surface area is 129 Å². The highest BCUT2D eigenvalue weighted by atomic mass is 32.1. The van der Waals surface area contributed by atoms with Crippen LogP contribution in [0.4, 0.5) is 9.80 Å². The lowest BCUT2D eigenvalue weighted by Gasteiger charge is -2.05. The van der Waals surface area contributed by atoms with Gasteiger partial charge < -0.3 is 10.4 Å². The van der Waals surface area contributed by atoms with E-state index in [9.17, 15) is 14.7 Å². The lowest BCUT2D eigenvalue weighted by molar-refractivity contribution is 0.0697. The van der Waals surface area contributed by atoms with Gasteiger partial charge in [-0.2, -0.15) is 0 Å². The van der Waals surface area contributed by atoms with E-state index in [0.29, 0.717) is 17.1 Å². The van der Waals surface area contributed by atoms with Gasteiger partial charge in [-0.1, -0.05) is 0 Å². The summed E-state index contributed by atoms with van der Waals surface area (Å²) >= 11 is 2.72. The van der Waals surface area contributed by atoms with Gasteiger partial charge in [-0.05, 0) is 26.3 Å². The molecule has 0 bridgehead atoms. The normalized spacial score (nSPS) is 10.4. The summed E-state index contributed by atoms with van der Waals surface area (Å²) < 4.78 is 0. The number of carbonyl (C=O) groups excluding carboxylic acids is 1. The highest BCUT2D eigenvalue weighted by Gasteiger charge is 2.20. The highest BCUT2D eigenvalue weighted by molar-refractivity contribution is 7.16. The lowest BCUT2D eigenvalue weighted by atomic mass is 10.1. The van der Waals surface area contributed by atoms with E-state index < -0.39 is 12.0 Å². The maximum Gasteiger partial charge on any atom is 0.338 e. The SMILES string of the molecule is Cc1csc(CNC(=O)Nc2sc(C)c(C)c2C(=O)O)n1. The lowest BCUT2D eigenvalue weighted by Crippen LogP contribution is -2.28. The molecule has 0 radical (unpaired) electrons. The number of carboxylic acid groups (broad SMARTS) is 1. The zero-order valence-corrected chi connectivity index (χ0v) is 13.4. The summed E-state index contributed by atoms with van der Waals surface area (Å²) in [5.41, 5.74) is 1.74. The summed E-state index contributed by atoms with van der Waals surface area (Å²) in [4.78, 5) is 28.2. The Kier molecular flexibility index (Phi) is 4.59. The molecule has 2 rings (SSSR count). The average Bonchev–Trinajstić information content (AvgIpc) is 2.92. The number of thiophene rings is 1. The van der Waals surface area contributed by atoms with Crippen molar-refractivity contribution in [1.29, 1.82) is 0 Å². The minimum atomic E-state index is -1.04. The van der Waals surface area contributed by atoms with Crippen LogP contribution in [0.25, 0.3) is 0 Å². The number of aromatic carboxylic acids is 1. The molecule has 6 nitrogen and oxygen atoms in total. The molecule has 0 aromatic carbocycles. The molecule has 8 heteroatoms. The zero-order valence-electron chi connectivity index (χ0n) is 11.8. The number of carboxylic acids is 1. The summed E-state index contributed by atoms with van der Waals surface area (Å²) in [7, 11) is 0. The van der Waals surface area contributed by atoms with Gasteiger partial charge in [0, 0.05) is 16.0 Å². The largest absolute Gasteiger partial charge is 0.478 e. The second-order valence-corrected chi connectivity index (χ2v) is 6.65. The van der Waals surface area contributed by atoms with Crippen LogP contribution < -0.4 is 10.6 Å². The summed E-state index contributed by atoms with van der Waals surface area (Å²) in [5, 5.41) is 17.5. The van der Waals surface area contributed by atoms with E-state index in [2.05, 4.69) is 15.6 Å². The number of thiazole rings is 1. The van der Waals surface area contributed by atoms with Gasteiger partial charge in [0.25, 0.3) is 0 Å². The molecule has 0 aliphatic rings. The average molecular weight is 325 g/mol. The summed E-state index contributed by atoms with van der Waals surface area (Å²) in [6.45, 7) is 5.76. The number of hydrogen-bond donors (Lipinski definition) is 3. The van der Waals surface area contributed by atoms with E-state index in [1.807, 2.05) is 19.2 Å². The maximum atomic E-state index is 11.9. The number of aryl methyl sites for hydroxylation is 2. The van der Waals surface area contributed by atoms with Crippen LogP contribution in [-0.2, 0) is 6.54 Å². The Hall–Kier alpha value is -1.93. The molecule has 21 heavy (non-hydrogen) atoms. The predicted octanol–water partition coefficient (Wildman–Crippen LogP) is 3.15. The van der Waals surface area contributed by atoms with Crippen LogP contribution in [0.3, 0.4) is 0 Å². The molecule has 0 unspecified atom stereocenters. The van der Waals surface area contributed by atoms with E-state index in [0.717, 1.165) is 15.6 Å². The van der Waals surface area contributed by atoms with Gasteiger partial charge in [0.05, 0.1) is 12.1 Å². The highest BCUT2D eigenvalue weighted by Crippen LogP contribution is 2.32. The van der Waals surface area contributed by atoms with Gasteiger partial charge in [0.1, 0.15) is 10.0 Å². The number of amides is 2. The molecule has 0 atom stereocenters. The fourth-order valence-corrected chi connectivity index (χ4v) is 3.52. The Morgan fingerprint density at radius 3 is 2.62 bits per heavy atom. The van der Waals surface area contributed by atoms with Crippen LogP contribution in [0.2, 0.25) is 0 Å². The molecule has 3 N–H and O–H groups in total. The van der Waals surface area contributed by atoms with Crippen molar-refractivity contribution in [2.45, 2.75) is 27.3 Å². The molecule has 0 aliphatic carbocycles. The van der Waals surface area contributed by atoms with E-state index in [1.54, 1.807) is 6.92 Å². The minimum Gasteiger partial charge on any atom is -0.478 e. The summed E-state index contributed by atoms with van der Waals surface area (Å²) in [6.07, 6.45) is 0. The number of rotatable bonds is 4. The second kappa shape index (κ2) is 6.23. The van der Waals surface area contributed by atoms with Gasteiger partial charge in [0.15, 0.2) is 0 Å². The van der Waals surface area contributed by atoms with Gasteiger partial charge >= 0.3 is 12.0 Å². The molecule has 2 amide bonds. The third-order valence-corrected chi connectivity index (χ3v) is 4.98. The van der Waals surface area contributed by atoms with Crippen molar-refractivity contribution in [3.05, 3.63) is 32.1 Å². The van der Waals surface area contributed by atoms with Crippen molar-refractivity contribution in [2.75, 3.05) is 5.32 Å². The number of nitrogens with one attached hydrogen (secondary N) is 2. The van der Waals surface area contributed by atoms with Crippen molar-refractivity contribution in [3.63, 3.8) is 0 Å². The van der Waals surface area contributed by atoms with Crippen LogP contribution in [0.1, 0.15) is 31.5 Å². The van der Waals surface area contributed by atoms with Crippen molar-refractivity contribution in [3.8, 4) is 0 Å². The zero-order chi connectivity index (χ0) is 15.6. The molecule has 0 saturated carbocycles. The van der Waals surface area contributed by atoms with Gasteiger partial charge in [-0.15, -0.1) is 22.7 Å². The number of urea groups is 1. The molecule has 0 aliphatic heterocycles. The third-order valence-electron chi connectivity index (χ3n) is 2.89. The number of anilines is 1. The first-order chi connectivity index (χ1) is 9.88. The fourth-order valence-electron chi connectivity index (χ4n) is 1.76. The summed E-state index contributed by atoms with van der Waals surface area (Å²) in [6, 6.07) is -0.438. The van der Waals surface area contributed by atoms with Crippen molar-refractivity contribution < 1.29 is 14.7 Å². The Bertz CT molecular complexity index is 691. The number of aromatic nitrogens is 1. The Balaban J connectivity index is 2.03. The Morgan fingerprint density at radius 2 is 2.05 bits per heavy atom. The first-order valence-corrected chi connectivity index (χ1v) is 7.87. The van der Waals surface area contributed by atoms with Gasteiger partial charge in [-0.3, -0.25) is 5.32 Å². The van der Waals surface area contributed by atoms with Crippen LogP contribution in [0.15, 0.2) is 5.38 Å². The third kappa shape index (κ3) is 3.59.